The number of hydrogen-bond acceptors (Lipinski definition) is 3. The molecule has 0 saturated heterocycles. The Balaban J connectivity index is 3.54. The lowest BCUT2D eigenvalue weighted by Crippen LogP contribution is -2.26. The molecule has 0 fully saturated rings. The third-order valence-electron chi connectivity index (χ3n) is 1.75. The van der Waals surface area contributed by atoms with Crippen LogP contribution < -0.4 is 0 Å². The lowest BCUT2D eigenvalue weighted by molar-refractivity contribution is 0.0130. The van der Waals surface area contributed by atoms with Gasteiger partial charge in [-0.05, 0) is 33.1 Å². The van der Waals surface area contributed by atoms with E-state index in [1.807, 2.05) is 0 Å². The smallest absolute Gasteiger partial charge is 0.0642 e. The first-order valence-electron chi connectivity index (χ1n) is 3.99. The van der Waals surface area contributed by atoms with Crippen LogP contribution in [0.25, 0.3) is 0 Å². The van der Waals surface area contributed by atoms with Crippen molar-refractivity contribution in [3.05, 3.63) is 0 Å². The lowest BCUT2D eigenvalue weighted by atomic mass is 9.95. The second-order valence-electron chi connectivity index (χ2n) is 3.36. The minimum atomic E-state index is -0.828. The Bertz CT molecular complexity index is 99.5. The van der Waals surface area contributed by atoms with Crippen LogP contribution in [-0.4, -0.2) is 33.6 Å². The summed E-state index contributed by atoms with van der Waals surface area (Å²) in [5.41, 5.74) is -0.828. The zero-order valence-corrected chi connectivity index (χ0v) is 7.25. The van der Waals surface area contributed by atoms with E-state index in [-0.39, 0.29) is 12.7 Å². The number of aliphatic hydroxyl groups is 3. The van der Waals surface area contributed by atoms with Crippen LogP contribution in [0.3, 0.4) is 0 Å². The monoisotopic (exact) mass is 162 g/mol. The molecule has 2 unspecified atom stereocenters. The van der Waals surface area contributed by atoms with E-state index in [0.717, 1.165) is 0 Å². The molecule has 0 radical (unpaired) electrons. The molecule has 3 heteroatoms. The van der Waals surface area contributed by atoms with Crippen LogP contribution in [0.4, 0.5) is 0 Å². The van der Waals surface area contributed by atoms with E-state index in [1.165, 1.54) is 0 Å². The molecule has 0 saturated carbocycles. The molecule has 68 valence electrons. The Kier molecular flexibility index (Phi) is 4.65. The quantitative estimate of drug-likeness (QED) is 0.544. The summed E-state index contributed by atoms with van der Waals surface area (Å²) in [7, 11) is 0. The minimum absolute atomic E-state index is 0.00713. The van der Waals surface area contributed by atoms with Gasteiger partial charge in [-0.1, -0.05) is 0 Å². The van der Waals surface area contributed by atoms with Gasteiger partial charge in [-0.15, -0.1) is 0 Å². The van der Waals surface area contributed by atoms with E-state index in [4.69, 9.17) is 10.2 Å². The van der Waals surface area contributed by atoms with Crippen molar-refractivity contribution in [3.8, 4) is 0 Å². The molecule has 11 heavy (non-hydrogen) atoms. The largest absolute Gasteiger partial charge is 0.396 e. The van der Waals surface area contributed by atoms with Gasteiger partial charge in [-0.25, -0.2) is 0 Å². The summed E-state index contributed by atoms with van der Waals surface area (Å²) in [6.07, 6.45) is 1.11. The highest BCUT2D eigenvalue weighted by atomic mass is 16.3. The first kappa shape index (κ1) is 10.9. The van der Waals surface area contributed by atoms with Crippen molar-refractivity contribution in [2.45, 2.75) is 44.8 Å². The van der Waals surface area contributed by atoms with Gasteiger partial charge in [0.1, 0.15) is 0 Å². The number of rotatable bonds is 5. The van der Waals surface area contributed by atoms with Gasteiger partial charge >= 0.3 is 0 Å². The SMILES string of the molecule is CC(O)CCC(C)(O)CCO. The average molecular weight is 162 g/mol. The molecule has 3 N–H and O–H groups in total. The summed E-state index contributed by atoms with van der Waals surface area (Å²) >= 11 is 0. The first-order chi connectivity index (χ1) is 4.98. The van der Waals surface area contributed by atoms with Crippen molar-refractivity contribution in [3.63, 3.8) is 0 Å². The van der Waals surface area contributed by atoms with Crippen LogP contribution in [0.1, 0.15) is 33.1 Å². The maximum Gasteiger partial charge on any atom is 0.0642 e. The molecule has 0 amide bonds. The molecule has 0 aromatic heterocycles. The van der Waals surface area contributed by atoms with Crippen molar-refractivity contribution < 1.29 is 15.3 Å². The van der Waals surface area contributed by atoms with Crippen LogP contribution in [0.2, 0.25) is 0 Å². The van der Waals surface area contributed by atoms with E-state index in [9.17, 15) is 5.11 Å². The molecule has 0 bridgehead atoms. The van der Waals surface area contributed by atoms with E-state index in [0.29, 0.717) is 19.3 Å². The molecule has 0 aliphatic heterocycles. The summed E-state index contributed by atoms with van der Waals surface area (Å²) in [6.45, 7) is 3.35. The summed E-state index contributed by atoms with van der Waals surface area (Å²) in [6, 6.07) is 0. The van der Waals surface area contributed by atoms with Gasteiger partial charge in [0.25, 0.3) is 0 Å². The Hall–Kier alpha value is -0.120. The molecule has 0 aliphatic carbocycles. The molecule has 0 aromatic rings. The van der Waals surface area contributed by atoms with Gasteiger partial charge in [0.05, 0.1) is 11.7 Å². The van der Waals surface area contributed by atoms with Gasteiger partial charge in [-0.3, -0.25) is 0 Å². The molecule has 0 aromatic carbocycles. The predicted molar refractivity (Wildman–Crippen MR) is 43.2 cm³/mol. The minimum Gasteiger partial charge on any atom is -0.396 e. The van der Waals surface area contributed by atoms with Crippen LogP contribution in [0.5, 0.6) is 0 Å². The summed E-state index contributed by atoms with van der Waals surface area (Å²) in [5.74, 6) is 0. The Morgan fingerprint density at radius 2 is 1.91 bits per heavy atom. The topological polar surface area (TPSA) is 60.7 Å². The molecule has 0 rings (SSSR count). The molecule has 2 atom stereocenters. The number of hydrogen-bond donors (Lipinski definition) is 3. The lowest BCUT2D eigenvalue weighted by Gasteiger charge is -2.22. The third kappa shape index (κ3) is 6.28. The summed E-state index contributed by atoms with van der Waals surface area (Å²) in [4.78, 5) is 0. The van der Waals surface area contributed by atoms with Crippen molar-refractivity contribution >= 4 is 0 Å². The highest BCUT2D eigenvalue weighted by Crippen LogP contribution is 2.16. The van der Waals surface area contributed by atoms with Crippen molar-refractivity contribution in [2.24, 2.45) is 0 Å². The zero-order chi connectivity index (χ0) is 8.91. The molecular weight excluding hydrogens is 144 g/mol. The second kappa shape index (κ2) is 4.70. The fourth-order valence-electron chi connectivity index (χ4n) is 0.886. The Morgan fingerprint density at radius 3 is 2.27 bits per heavy atom. The van der Waals surface area contributed by atoms with Gasteiger partial charge in [0.2, 0.25) is 0 Å². The van der Waals surface area contributed by atoms with Crippen molar-refractivity contribution in [1.29, 1.82) is 0 Å². The third-order valence-corrected chi connectivity index (χ3v) is 1.75. The van der Waals surface area contributed by atoms with Crippen molar-refractivity contribution in [1.82, 2.24) is 0 Å². The zero-order valence-electron chi connectivity index (χ0n) is 7.25. The number of aliphatic hydroxyl groups excluding tert-OH is 2. The summed E-state index contributed by atoms with van der Waals surface area (Å²) in [5, 5.41) is 26.9. The second-order valence-corrected chi connectivity index (χ2v) is 3.36. The maximum atomic E-state index is 9.49. The van der Waals surface area contributed by atoms with Crippen LogP contribution in [0.15, 0.2) is 0 Å². The van der Waals surface area contributed by atoms with Crippen LogP contribution in [-0.2, 0) is 0 Å². The van der Waals surface area contributed by atoms with Crippen LogP contribution >= 0.6 is 0 Å². The molecular formula is C8H18O3. The highest BCUT2D eigenvalue weighted by molar-refractivity contribution is 4.72. The highest BCUT2D eigenvalue weighted by Gasteiger charge is 2.19. The standard InChI is InChI=1S/C8H18O3/c1-7(10)3-4-8(2,11)5-6-9/h7,9-11H,3-6H2,1-2H3. The first-order valence-corrected chi connectivity index (χ1v) is 3.99. The predicted octanol–water partition coefficient (Wildman–Crippen LogP) is 0.281. The normalized spacial score (nSPS) is 19.4. The van der Waals surface area contributed by atoms with Gasteiger partial charge < -0.3 is 15.3 Å². The maximum absolute atomic E-state index is 9.49. The Morgan fingerprint density at radius 1 is 1.36 bits per heavy atom. The van der Waals surface area contributed by atoms with E-state index < -0.39 is 5.60 Å². The fraction of sp³-hybridized carbons (Fsp3) is 1.00. The van der Waals surface area contributed by atoms with Crippen molar-refractivity contribution in [2.75, 3.05) is 6.61 Å². The average Bonchev–Trinajstić information content (AvgIpc) is 1.84. The van der Waals surface area contributed by atoms with E-state index in [2.05, 4.69) is 0 Å². The molecule has 0 aliphatic rings. The van der Waals surface area contributed by atoms with Gasteiger partial charge in [0.15, 0.2) is 0 Å². The van der Waals surface area contributed by atoms with Gasteiger partial charge in [-0.2, -0.15) is 0 Å². The molecule has 0 heterocycles. The van der Waals surface area contributed by atoms with Crippen LogP contribution in [0, 0.1) is 0 Å². The summed E-state index contributed by atoms with van der Waals surface area (Å²) < 4.78 is 0. The Labute approximate surface area is 67.7 Å². The van der Waals surface area contributed by atoms with Gasteiger partial charge in [0, 0.05) is 6.61 Å². The fourth-order valence-corrected chi connectivity index (χ4v) is 0.886. The van der Waals surface area contributed by atoms with E-state index >= 15 is 0 Å². The molecule has 0 spiro atoms. The van der Waals surface area contributed by atoms with E-state index in [1.54, 1.807) is 13.8 Å². The molecule has 3 nitrogen and oxygen atoms in total.